The van der Waals surface area contributed by atoms with E-state index in [4.69, 9.17) is 9.47 Å². The molecule has 0 atom stereocenters. The summed E-state index contributed by atoms with van der Waals surface area (Å²) in [5, 5.41) is 0. The van der Waals surface area contributed by atoms with E-state index in [9.17, 15) is 17.6 Å². The Morgan fingerprint density at radius 1 is 0.611 bits per heavy atom. The van der Waals surface area contributed by atoms with Crippen molar-refractivity contribution in [2.24, 2.45) is 0 Å². The highest BCUT2D eigenvalue weighted by molar-refractivity contribution is 5.55. The van der Waals surface area contributed by atoms with E-state index in [0.717, 1.165) is 18.2 Å². The molecular formula is C12H4F4O2. The number of hydrogen-bond donors (Lipinski definition) is 0. The van der Waals surface area contributed by atoms with E-state index in [1.54, 1.807) is 0 Å². The first kappa shape index (κ1) is 10.9. The second kappa shape index (κ2) is 3.63. The van der Waals surface area contributed by atoms with Crippen LogP contribution < -0.4 is 9.47 Å². The summed E-state index contributed by atoms with van der Waals surface area (Å²) in [6, 6.07) is 2.97. The SMILES string of the molecule is Fc1cc(F)c2c(c1)Oc1cc(F)c(F)cc1O2. The molecule has 0 aliphatic carbocycles. The molecule has 0 N–H and O–H groups in total. The fraction of sp³-hybridized carbons (Fsp3) is 0. The van der Waals surface area contributed by atoms with Gasteiger partial charge in [-0.2, -0.15) is 0 Å². The van der Waals surface area contributed by atoms with Gasteiger partial charge in [0, 0.05) is 24.3 Å². The smallest absolute Gasteiger partial charge is 0.205 e. The molecule has 1 heterocycles. The molecule has 92 valence electrons. The Bertz CT molecular complexity index is 655. The number of benzene rings is 2. The van der Waals surface area contributed by atoms with Crippen LogP contribution in [0, 0.1) is 23.3 Å². The molecule has 0 radical (unpaired) electrons. The molecule has 0 spiro atoms. The van der Waals surface area contributed by atoms with Crippen LogP contribution in [-0.2, 0) is 0 Å². The van der Waals surface area contributed by atoms with Crippen LogP contribution in [0.2, 0.25) is 0 Å². The highest BCUT2D eigenvalue weighted by Crippen LogP contribution is 2.47. The van der Waals surface area contributed by atoms with Gasteiger partial charge in [-0.15, -0.1) is 0 Å². The minimum Gasteiger partial charge on any atom is -0.449 e. The standard InChI is InChI=1S/C12H4F4O2/c13-5-1-8(16)12-11(2-5)17-9-3-6(14)7(15)4-10(9)18-12/h1-4H. The number of hydrogen-bond acceptors (Lipinski definition) is 2. The van der Waals surface area contributed by atoms with E-state index < -0.39 is 23.3 Å². The van der Waals surface area contributed by atoms with Gasteiger partial charge in [-0.25, -0.2) is 17.6 Å². The summed E-state index contributed by atoms with van der Waals surface area (Å²) in [6.45, 7) is 0. The predicted octanol–water partition coefficient (Wildman–Crippen LogP) is 4.14. The third-order valence-electron chi connectivity index (χ3n) is 2.39. The fourth-order valence-electron chi connectivity index (χ4n) is 1.61. The monoisotopic (exact) mass is 256 g/mol. The predicted molar refractivity (Wildman–Crippen MR) is 52.9 cm³/mol. The van der Waals surface area contributed by atoms with Crippen LogP contribution in [0.25, 0.3) is 0 Å². The van der Waals surface area contributed by atoms with Crippen LogP contribution in [0.1, 0.15) is 0 Å². The molecule has 0 saturated heterocycles. The molecule has 0 saturated carbocycles. The Hall–Kier alpha value is -2.24. The van der Waals surface area contributed by atoms with Gasteiger partial charge >= 0.3 is 0 Å². The maximum absolute atomic E-state index is 13.4. The zero-order chi connectivity index (χ0) is 12.9. The van der Waals surface area contributed by atoms with Crippen molar-refractivity contribution in [3.8, 4) is 23.0 Å². The molecule has 0 bridgehead atoms. The number of fused-ring (bicyclic) bond motifs is 2. The first-order valence-electron chi connectivity index (χ1n) is 4.88. The molecule has 18 heavy (non-hydrogen) atoms. The quantitative estimate of drug-likeness (QED) is 0.563. The van der Waals surface area contributed by atoms with E-state index in [0.29, 0.717) is 6.07 Å². The summed E-state index contributed by atoms with van der Waals surface area (Å²) < 4.78 is 62.4. The summed E-state index contributed by atoms with van der Waals surface area (Å²) in [7, 11) is 0. The molecule has 0 unspecified atom stereocenters. The Morgan fingerprint density at radius 2 is 1.22 bits per heavy atom. The van der Waals surface area contributed by atoms with Crippen LogP contribution in [0.3, 0.4) is 0 Å². The molecule has 1 aliphatic heterocycles. The third-order valence-corrected chi connectivity index (χ3v) is 2.39. The number of rotatable bonds is 0. The summed E-state index contributed by atoms with van der Waals surface area (Å²) in [5.74, 6) is -5.05. The van der Waals surface area contributed by atoms with Gasteiger partial charge in [0.1, 0.15) is 5.82 Å². The third kappa shape index (κ3) is 1.57. The zero-order valence-electron chi connectivity index (χ0n) is 8.64. The number of halogens is 4. The van der Waals surface area contributed by atoms with Gasteiger partial charge in [-0.05, 0) is 0 Å². The molecule has 2 aromatic carbocycles. The first-order chi connectivity index (χ1) is 8.54. The molecule has 3 rings (SSSR count). The van der Waals surface area contributed by atoms with Gasteiger partial charge in [-0.3, -0.25) is 0 Å². The molecule has 0 amide bonds. The Labute approximate surface area is 98.4 Å². The van der Waals surface area contributed by atoms with Gasteiger partial charge in [0.25, 0.3) is 0 Å². The lowest BCUT2D eigenvalue weighted by molar-refractivity contribution is 0.332. The molecule has 0 aromatic heterocycles. The van der Waals surface area contributed by atoms with Crippen molar-refractivity contribution in [2.45, 2.75) is 0 Å². The van der Waals surface area contributed by atoms with Crippen molar-refractivity contribution < 1.29 is 27.0 Å². The Morgan fingerprint density at radius 3 is 1.89 bits per heavy atom. The molecular weight excluding hydrogens is 252 g/mol. The van der Waals surface area contributed by atoms with Crippen molar-refractivity contribution in [1.29, 1.82) is 0 Å². The van der Waals surface area contributed by atoms with E-state index in [1.807, 2.05) is 0 Å². The maximum Gasteiger partial charge on any atom is 0.205 e. The average molecular weight is 256 g/mol. The van der Waals surface area contributed by atoms with E-state index in [2.05, 4.69) is 0 Å². The van der Waals surface area contributed by atoms with Gasteiger partial charge in [-0.1, -0.05) is 0 Å². The largest absolute Gasteiger partial charge is 0.449 e. The second-order valence-corrected chi connectivity index (χ2v) is 3.63. The lowest BCUT2D eigenvalue weighted by Gasteiger charge is -2.20. The molecule has 0 fully saturated rings. The van der Waals surface area contributed by atoms with Crippen LogP contribution in [0.5, 0.6) is 23.0 Å². The van der Waals surface area contributed by atoms with Gasteiger partial charge in [0.2, 0.25) is 5.75 Å². The topological polar surface area (TPSA) is 18.5 Å². The van der Waals surface area contributed by atoms with Gasteiger partial charge in [0.15, 0.2) is 34.7 Å². The first-order valence-corrected chi connectivity index (χ1v) is 4.88. The zero-order valence-corrected chi connectivity index (χ0v) is 8.64. The summed E-state index contributed by atoms with van der Waals surface area (Å²) >= 11 is 0. The van der Waals surface area contributed by atoms with Crippen LogP contribution >= 0.6 is 0 Å². The Balaban J connectivity index is 2.15. The van der Waals surface area contributed by atoms with Crippen LogP contribution in [-0.4, -0.2) is 0 Å². The van der Waals surface area contributed by atoms with Crippen molar-refractivity contribution in [3.63, 3.8) is 0 Å². The minimum absolute atomic E-state index is 0.147. The molecule has 6 heteroatoms. The highest BCUT2D eigenvalue weighted by Gasteiger charge is 2.25. The lowest BCUT2D eigenvalue weighted by Crippen LogP contribution is -2.03. The molecule has 2 nitrogen and oxygen atoms in total. The summed E-state index contributed by atoms with van der Waals surface area (Å²) in [6.07, 6.45) is 0. The molecule has 1 aliphatic rings. The molecule has 2 aromatic rings. The summed E-state index contributed by atoms with van der Waals surface area (Å²) in [5.41, 5.74) is 0. The lowest BCUT2D eigenvalue weighted by atomic mass is 10.2. The van der Waals surface area contributed by atoms with Crippen molar-refractivity contribution in [2.75, 3.05) is 0 Å². The van der Waals surface area contributed by atoms with Crippen LogP contribution in [0.4, 0.5) is 17.6 Å². The minimum atomic E-state index is -1.15. The van der Waals surface area contributed by atoms with Gasteiger partial charge < -0.3 is 9.47 Å². The average Bonchev–Trinajstić information content (AvgIpc) is 2.29. The van der Waals surface area contributed by atoms with Crippen molar-refractivity contribution in [1.82, 2.24) is 0 Å². The van der Waals surface area contributed by atoms with Gasteiger partial charge in [0.05, 0.1) is 0 Å². The van der Waals surface area contributed by atoms with Crippen molar-refractivity contribution in [3.05, 3.63) is 47.5 Å². The van der Waals surface area contributed by atoms with Crippen molar-refractivity contribution >= 4 is 0 Å². The summed E-state index contributed by atoms with van der Waals surface area (Å²) in [4.78, 5) is 0. The fourth-order valence-corrected chi connectivity index (χ4v) is 1.61. The highest BCUT2D eigenvalue weighted by atomic mass is 19.2. The second-order valence-electron chi connectivity index (χ2n) is 3.63. The number of ether oxygens (including phenoxy) is 2. The van der Waals surface area contributed by atoms with E-state index in [-0.39, 0.29) is 23.0 Å². The van der Waals surface area contributed by atoms with Crippen LogP contribution in [0.15, 0.2) is 24.3 Å². The van der Waals surface area contributed by atoms with E-state index >= 15 is 0 Å². The Kier molecular flexibility index (Phi) is 2.19. The maximum atomic E-state index is 13.4. The van der Waals surface area contributed by atoms with E-state index in [1.165, 1.54) is 0 Å². The normalized spacial score (nSPS) is 12.2.